The lowest BCUT2D eigenvalue weighted by Gasteiger charge is -2.14. The first kappa shape index (κ1) is 11.1. The van der Waals surface area contributed by atoms with Gasteiger partial charge < -0.3 is 25.4 Å². The second-order valence-corrected chi connectivity index (χ2v) is 3.01. The maximum absolute atomic E-state index is 10.7. The molecule has 0 bridgehead atoms. The van der Waals surface area contributed by atoms with E-state index in [1.807, 2.05) is 0 Å². The Labute approximate surface area is 80.8 Å². The number of carbonyl (C=O) groups excluding carboxylic acids is 1. The van der Waals surface area contributed by atoms with Crippen LogP contribution in [0.1, 0.15) is 6.92 Å². The predicted molar refractivity (Wildman–Crippen MR) is 45.9 cm³/mol. The van der Waals surface area contributed by atoms with Gasteiger partial charge in [-0.3, -0.25) is 4.79 Å². The normalized spacial score (nSPS) is 28.4. The molecule has 0 aliphatic carbocycles. The van der Waals surface area contributed by atoms with Crippen LogP contribution in [-0.4, -0.2) is 46.3 Å². The number of amides is 1. The molecule has 1 amide bonds. The number of ether oxygens (including phenoxy) is 1. The van der Waals surface area contributed by atoms with Gasteiger partial charge in [0.1, 0.15) is 12.2 Å². The van der Waals surface area contributed by atoms with Crippen LogP contribution < -0.4 is 5.32 Å². The van der Waals surface area contributed by atoms with Crippen LogP contribution in [-0.2, 0) is 9.53 Å². The van der Waals surface area contributed by atoms with Crippen molar-refractivity contribution in [3.8, 4) is 0 Å². The minimum absolute atomic E-state index is 0.190. The summed E-state index contributed by atoms with van der Waals surface area (Å²) >= 11 is 0. The fraction of sp³-hybridized carbons (Fsp3) is 0.625. The molecule has 0 radical (unpaired) electrons. The third-order valence-corrected chi connectivity index (χ3v) is 1.78. The number of aliphatic hydroxyl groups is 3. The lowest BCUT2D eigenvalue weighted by atomic mass is 10.2. The minimum atomic E-state index is -1.26. The first-order chi connectivity index (χ1) is 6.54. The van der Waals surface area contributed by atoms with Crippen molar-refractivity contribution in [2.75, 3.05) is 6.61 Å². The van der Waals surface area contributed by atoms with Crippen molar-refractivity contribution in [2.24, 2.45) is 0 Å². The quantitative estimate of drug-likeness (QED) is 0.428. The van der Waals surface area contributed by atoms with Crippen molar-refractivity contribution in [3.63, 3.8) is 0 Å². The molecule has 0 aromatic heterocycles. The molecule has 6 heteroatoms. The molecule has 1 rings (SSSR count). The summed E-state index contributed by atoms with van der Waals surface area (Å²) in [5.74, 6) is -0.335. The molecular formula is C8H13NO5. The van der Waals surface area contributed by atoms with Crippen molar-refractivity contribution in [1.82, 2.24) is 5.32 Å². The van der Waals surface area contributed by atoms with E-state index in [4.69, 9.17) is 9.84 Å². The highest BCUT2D eigenvalue weighted by molar-refractivity contribution is 5.75. The number of nitrogens with one attached hydrogen (secondary N) is 1. The van der Waals surface area contributed by atoms with Crippen LogP contribution in [0.4, 0.5) is 0 Å². The van der Waals surface area contributed by atoms with Gasteiger partial charge in [0.15, 0.2) is 6.29 Å². The van der Waals surface area contributed by atoms with Crippen molar-refractivity contribution in [1.29, 1.82) is 0 Å². The summed E-state index contributed by atoms with van der Waals surface area (Å²) in [6, 6.07) is 0. The van der Waals surface area contributed by atoms with E-state index in [9.17, 15) is 15.0 Å². The number of rotatable bonds is 3. The molecular weight excluding hydrogens is 190 g/mol. The monoisotopic (exact) mass is 203 g/mol. The van der Waals surface area contributed by atoms with E-state index >= 15 is 0 Å². The molecule has 2 unspecified atom stereocenters. The molecule has 3 atom stereocenters. The first-order valence-electron chi connectivity index (χ1n) is 4.16. The van der Waals surface area contributed by atoms with E-state index in [0.29, 0.717) is 0 Å². The number of hydrogen-bond donors (Lipinski definition) is 4. The molecule has 6 nitrogen and oxygen atoms in total. The lowest BCUT2D eigenvalue weighted by molar-refractivity contribution is -0.127. The zero-order chi connectivity index (χ0) is 10.7. The van der Waals surface area contributed by atoms with Crippen molar-refractivity contribution < 1.29 is 24.9 Å². The fourth-order valence-corrected chi connectivity index (χ4v) is 1.13. The molecule has 0 aromatic rings. The third-order valence-electron chi connectivity index (χ3n) is 1.78. The van der Waals surface area contributed by atoms with Crippen LogP contribution in [0.2, 0.25) is 0 Å². The van der Waals surface area contributed by atoms with Gasteiger partial charge in [-0.1, -0.05) is 0 Å². The number of hydrogen-bond acceptors (Lipinski definition) is 5. The summed E-state index contributed by atoms with van der Waals surface area (Å²) in [5, 5.41) is 29.4. The van der Waals surface area contributed by atoms with Crippen molar-refractivity contribution in [2.45, 2.75) is 25.4 Å². The lowest BCUT2D eigenvalue weighted by Crippen LogP contribution is -2.30. The molecule has 4 N–H and O–H groups in total. The fourth-order valence-electron chi connectivity index (χ4n) is 1.13. The highest BCUT2D eigenvalue weighted by Crippen LogP contribution is 2.18. The molecule has 1 aliphatic heterocycles. The SMILES string of the molecule is CC(=O)NC1=CC([C@H](O)CO)OC1O. The maximum atomic E-state index is 10.7. The Morgan fingerprint density at radius 3 is 2.93 bits per heavy atom. The van der Waals surface area contributed by atoms with Gasteiger partial charge in [-0.05, 0) is 6.08 Å². The molecule has 0 saturated carbocycles. The van der Waals surface area contributed by atoms with E-state index in [2.05, 4.69) is 5.32 Å². The molecule has 1 aliphatic rings. The van der Waals surface area contributed by atoms with Crippen LogP contribution in [0.25, 0.3) is 0 Å². The highest BCUT2D eigenvalue weighted by Gasteiger charge is 2.30. The Kier molecular flexibility index (Phi) is 3.59. The van der Waals surface area contributed by atoms with E-state index in [0.717, 1.165) is 0 Å². The van der Waals surface area contributed by atoms with E-state index in [1.165, 1.54) is 13.0 Å². The summed E-state index contributed by atoms with van der Waals surface area (Å²) in [6.45, 7) is 0.824. The molecule has 0 fully saturated rings. The Balaban J connectivity index is 2.62. The predicted octanol–water partition coefficient (Wildman–Crippen LogP) is -1.92. The van der Waals surface area contributed by atoms with Crippen molar-refractivity contribution in [3.05, 3.63) is 11.8 Å². The van der Waals surface area contributed by atoms with Gasteiger partial charge in [0, 0.05) is 6.92 Å². The third kappa shape index (κ3) is 2.52. The van der Waals surface area contributed by atoms with Gasteiger partial charge >= 0.3 is 0 Å². The Morgan fingerprint density at radius 1 is 1.79 bits per heavy atom. The van der Waals surface area contributed by atoms with Crippen LogP contribution in [0.5, 0.6) is 0 Å². The molecule has 0 saturated heterocycles. The molecule has 14 heavy (non-hydrogen) atoms. The van der Waals surface area contributed by atoms with E-state index in [1.54, 1.807) is 0 Å². The average molecular weight is 203 g/mol. The molecule has 0 spiro atoms. The maximum Gasteiger partial charge on any atom is 0.221 e. The van der Waals surface area contributed by atoms with Gasteiger partial charge in [0.05, 0.1) is 12.3 Å². The van der Waals surface area contributed by atoms with Gasteiger partial charge in [-0.2, -0.15) is 0 Å². The topological polar surface area (TPSA) is 99.0 Å². The smallest absolute Gasteiger partial charge is 0.221 e. The Bertz CT molecular complexity index is 252. The highest BCUT2D eigenvalue weighted by atomic mass is 16.6. The molecule has 1 heterocycles. The zero-order valence-electron chi connectivity index (χ0n) is 7.67. The summed E-state index contributed by atoms with van der Waals surface area (Å²) in [6.07, 6.45) is -1.79. The second kappa shape index (κ2) is 4.52. The summed E-state index contributed by atoms with van der Waals surface area (Å²) in [7, 11) is 0. The Morgan fingerprint density at radius 2 is 2.43 bits per heavy atom. The van der Waals surface area contributed by atoms with Crippen LogP contribution >= 0.6 is 0 Å². The largest absolute Gasteiger partial charge is 0.394 e. The first-order valence-corrected chi connectivity index (χ1v) is 4.16. The number of carbonyl (C=O) groups is 1. The van der Waals surface area contributed by atoms with Crippen LogP contribution in [0.3, 0.4) is 0 Å². The second-order valence-electron chi connectivity index (χ2n) is 3.01. The van der Waals surface area contributed by atoms with Crippen molar-refractivity contribution >= 4 is 5.91 Å². The summed E-state index contributed by atoms with van der Waals surface area (Å²) < 4.78 is 4.87. The van der Waals surface area contributed by atoms with Gasteiger partial charge in [0.25, 0.3) is 0 Å². The standard InChI is InChI=1S/C8H13NO5/c1-4(11)9-5-2-7(6(12)3-10)14-8(5)13/h2,6-8,10,12-13H,3H2,1H3,(H,9,11)/t6-,7?,8?/m1/s1. The summed E-state index contributed by atoms with van der Waals surface area (Å²) in [5.41, 5.74) is 0.190. The van der Waals surface area contributed by atoms with Gasteiger partial charge in [0.2, 0.25) is 5.91 Å². The minimum Gasteiger partial charge on any atom is -0.394 e. The Hall–Kier alpha value is -0.950. The molecule has 80 valence electrons. The van der Waals surface area contributed by atoms with E-state index in [-0.39, 0.29) is 11.6 Å². The number of aliphatic hydroxyl groups excluding tert-OH is 3. The van der Waals surface area contributed by atoms with Crippen LogP contribution in [0, 0.1) is 0 Å². The molecule has 0 aromatic carbocycles. The zero-order valence-corrected chi connectivity index (χ0v) is 7.67. The van der Waals surface area contributed by atoms with Gasteiger partial charge in [-0.15, -0.1) is 0 Å². The van der Waals surface area contributed by atoms with Crippen LogP contribution in [0.15, 0.2) is 11.8 Å². The van der Waals surface area contributed by atoms with E-state index < -0.39 is 25.1 Å². The summed E-state index contributed by atoms with van der Waals surface area (Å²) in [4.78, 5) is 10.7. The van der Waals surface area contributed by atoms with Gasteiger partial charge in [-0.25, -0.2) is 0 Å². The average Bonchev–Trinajstić information content (AvgIpc) is 2.46.